The topological polar surface area (TPSA) is 70.9 Å². The van der Waals surface area contributed by atoms with Crippen LogP contribution in [0.5, 0.6) is 5.75 Å². The predicted molar refractivity (Wildman–Crippen MR) is 81.0 cm³/mol. The first kappa shape index (κ1) is 15.4. The summed E-state index contributed by atoms with van der Waals surface area (Å²) in [6, 6.07) is 7.42. The Morgan fingerprint density at radius 1 is 1.29 bits per heavy atom. The number of hydrogen-bond acceptors (Lipinski definition) is 4. The molecule has 0 aromatic heterocycles. The first-order valence-corrected chi connectivity index (χ1v) is 7.40. The molecule has 0 aliphatic heterocycles. The molecule has 1 amide bonds. The fourth-order valence-electron chi connectivity index (χ4n) is 2.52. The number of nitrogens with one attached hydrogen (secondary N) is 1. The van der Waals surface area contributed by atoms with Gasteiger partial charge in [-0.25, -0.2) is 0 Å². The largest absolute Gasteiger partial charge is 0.484 e. The maximum Gasteiger partial charge on any atom is 0.258 e. The van der Waals surface area contributed by atoms with Crippen molar-refractivity contribution in [3.63, 3.8) is 0 Å². The standard InChI is InChI=1S/C16H22N2O3/c1-12(18-20)13-7-9-15(10-8-13)21-11-16(19)17-14-5-3-2-4-6-14/h7-10,14,20H,2-6,11H2,1H3,(H,17,19)/b18-12+. The quantitative estimate of drug-likeness (QED) is 0.497. The summed E-state index contributed by atoms with van der Waals surface area (Å²) < 4.78 is 5.46. The van der Waals surface area contributed by atoms with E-state index < -0.39 is 0 Å². The average Bonchev–Trinajstić information content (AvgIpc) is 2.53. The van der Waals surface area contributed by atoms with E-state index in [4.69, 9.17) is 9.94 Å². The molecule has 0 saturated heterocycles. The molecule has 0 radical (unpaired) electrons. The van der Waals surface area contributed by atoms with Crippen molar-refractivity contribution in [1.29, 1.82) is 0 Å². The summed E-state index contributed by atoms with van der Waals surface area (Å²) in [6.45, 7) is 1.75. The first-order valence-electron chi connectivity index (χ1n) is 7.40. The zero-order chi connectivity index (χ0) is 15.1. The summed E-state index contributed by atoms with van der Waals surface area (Å²) in [5, 5.41) is 14.8. The molecule has 1 aliphatic rings. The van der Waals surface area contributed by atoms with Crippen LogP contribution in [0.15, 0.2) is 29.4 Å². The lowest BCUT2D eigenvalue weighted by atomic mass is 9.95. The third-order valence-corrected chi connectivity index (χ3v) is 3.76. The maximum absolute atomic E-state index is 11.8. The van der Waals surface area contributed by atoms with E-state index in [2.05, 4.69) is 10.5 Å². The molecular weight excluding hydrogens is 268 g/mol. The maximum atomic E-state index is 11.8. The minimum atomic E-state index is -0.0703. The summed E-state index contributed by atoms with van der Waals surface area (Å²) in [5.41, 5.74) is 1.35. The van der Waals surface area contributed by atoms with Crippen LogP contribution in [-0.4, -0.2) is 29.5 Å². The van der Waals surface area contributed by atoms with Crippen LogP contribution in [0.2, 0.25) is 0 Å². The van der Waals surface area contributed by atoms with Crippen molar-refractivity contribution in [3.8, 4) is 5.75 Å². The Balaban J connectivity index is 1.78. The molecule has 21 heavy (non-hydrogen) atoms. The Hall–Kier alpha value is -2.04. The van der Waals surface area contributed by atoms with Gasteiger partial charge < -0.3 is 15.3 Å². The molecule has 1 aliphatic carbocycles. The van der Waals surface area contributed by atoms with Crippen LogP contribution < -0.4 is 10.1 Å². The van der Waals surface area contributed by atoms with Gasteiger partial charge in [-0.1, -0.05) is 24.4 Å². The van der Waals surface area contributed by atoms with Crippen molar-refractivity contribution in [3.05, 3.63) is 29.8 Å². The van der Waals surface area contributed by atoms with Crippen LogP contribution >= 0.6 is 0 Å². The lowest BCUT2D eigenvalue weighted by molar-refractivity contribution is -0.124. The Morgan fingerprint density at radius 2 is 1.95 bits per heavy atom. The summed E-state index contributed by atoms with van der Waals surface area (Å²) >= 11 is 0. The molecule has 1 aromatic carbocycles. The van der Waals surface area contributed by atoms with Crippen molar-refractivity contribution in [2.45, 2.75) is 45.1 Å². The number of carbonyl (C=O) groups is 1. The Bertz CT molecular complexity index is 491. The van der Waals surface area contributed by atoms with Crippen molar-refractivity contribution >= 4 is 11.6 Å². The molecule has 0 bridgehead atoms. The molecule has 1 fully saturated rings. The minimum Gasteiger partial charge on any atom is -0.484 e. The van der Waals surface area contributed by atoms with Gasteiger partial charge in [0.25, 0.3) is 5.91 Å². The lowest BCUT2D eigenvalue weighted by Gasteiger charge is -2.22. The molecular formula is C16H22N2O3. The SMILES string of the molecule is C/C(=N\O)c1ccc(OCC(=O)NC2CCCCC2)cc1. The molecule has 2 rings (SSSR count). The van der Waals surface area contributed by atoms with E-state index in [1.807, 2.05) is 0 Å². The van der Waals surface area contributed by atoms with E-state index in [0.29, 0.717) is 17.5 Å². The fraction of sp³-hybridized carbons (Fsp3) is 0.500. The lowest BCUT2D eigenvalue weighted by Crippen LogP contribution is -2.38. The van der Waals surface area contributed by atoms with Crippen LogP contribution in [0.25, 0.3) is 0 Å². The first-order chi connectivity index (χ1) is 10.2. The number of ether oxygens (including phenoxy) is 1. The van der Waals surface area contributed by atoms with Gasteiger partial charge in [0.2, 0.25) is 0 Å². The molecule has 114 valence electrons. The molecule has 0 unspecified atom stereocenters. The molecule has 2 N–H and O–H groups in total. The highest BCUT2D eigenvalue weighted by atomic mass is 16.5. The van der Waals surface area contributed by atoms with E-state index in [-0.39, 0.29) is 12.5 Å². The van der Waals surface area contributed by atoms with Gasteiger partial charge in [0.1, 0.15) is 5.75 Å². The van der Waals surface area contributed by atoms with E-state index in [1.165, 1.54) is 19.3 Å². The summed E-state index contributed by atoms with van der Waals surface area (Å²) in [6.07, 6.45) is 5.80. The highest BCUT2D eigenvalue weighted by Gasteiger charge is 2.15. The van der Waals surface area contributed by atoms with E-state index in [9.17, 15) is 4.79 Å². The van der Waals surface area contributed by atoms with Crippen LogP contribution in [0.1, 0.15) is 44.6 Å². The van der Waals surface area contributed by atoms with Gasteiger partial charge in [0.05, 0.1) is 5.71 Å². The van der Waals surface area contributed by atoms with Crippen LogP contribution in [0, 0.1) is 0 Å². The number of rotatable bonds is 5. The fourth-order valence-corrected chi connectivity index (χ4v) is 2.52. The van der Waals surface area contributed by atoms with Crippen molar-refractivity contribution < 1.29 is 14.7 Å². The number of benzene rings is 1. The Labute approximate surface area is 125 Å². The molecule has 0 spiro atoms. The van der Waals surface area contributed by atoms with Gasteiger partial charge in [0.15, 0.2) is 6.61 Å². The third kappa shape index (κ3) is 4.77. The second-order valence-electron chi connectivity index (χ2n) is 5.40. The van der Waals surface area contributed by atoms with Gasteiger partial charge in [0, 0.05) is 6.04 Å². The number of hydrogen-bond donors (Lipinski definition) is 2. The zero-order valence-corrected chi connectivity index (χ0v) is 12.3. The highest BCUT2D eigenvalue weighted by Crippen LogP contribution is 2.17. The number of amides is 1. The van der Waals surface area contributed by atoms with E-state index in [0.717, 1.165) is 18.4 Å². The second-order valence-corrected chi connectivity index (χ2v) is 5.40. The minimum absolute atomic E-state index is 0.0307. The molecule has 5 nitrogen and oxygen atoms in total. The molecule has 1 saturated carbocycles. The Kier molecular flexibility index (Phi) is 5.60. The second kappa shape index (κ2) is 7.67. The van der Waals surface area contributed by atoms with Gasteiger partial charge in [-0.05, 0) is 49.6 Å². The third-order valence-electron chi connectivity index (χ3n) is 3.76. The van der Waals surface area contributed by atoms with Crippen molar-refractivity contribution in [2.75, 3.05) is 6.61 Å². The van der Waals surface area contributed by atoms with Gasteiger partial charge in [-0.2, -0.15) is 0 Å². The van der Waals surface area contributed by atoms with Gasteiger partial charge >= 0.3 is 0 Å². The monoisotopic (exact) mass is 290 g/mol. The van der Waals surface area contributed by atoms with E-state index in [1.54, 1.807) is 31.2 Å². The van der Waals surface area contributed by atoms with Crippen LogP contribution in [0.3, 0.4) is 0 Å². The number of carbonyl (C=O) groups excluding carboxylic acids is 1. The van der Waals surface area contributed by atoms with E-state index >= 15 is 0 Å². The number of nitrogens with zero attached hydrogens (tertiary/aromatic N) is 1. The van der Waals surface area contributed by atoms with Gasteiger partial charge in [-0.15, -0.1) is 0 Å². The smallest absolute Gasteiger partial charge is 0.258 e. The molecule has 0 atom stereocenters. The Morgan fingerprint density at radius 3 is 2.57 bits per heavy atom. The average molecular weight is 290 g/mol. The molecule has 5 heteroatoms. The predicted octanol–water partition coefficient (Wildman–Crippen LogP) is 2.71. The highest BCUT2D eigenvalue weighted by molar-refractivity contribution is 5.98. The zero-order valence-electron chi connectivity index (χ0n) is 12.3. The van der Waals surface area contributed by atoms with Crippen LogP contribution in [0.4, 0.5) is 0 Å². The summed E-state index contributed by atoms with van der Waals surface area (Å²) in [4.78, 5) is 11.8. The van der Waals surface area contributed by atoms with Crippen molar-refractivity contribution in [1.82, 2.24) is 5.32 Å². The normalized spacial score (nSPS) is 16.5. The van der Waals surface area contributed by atoms with Gasteiger partial charge in [-0.3, -0.25) is 4.79 Å². The van der Waals surface area contributed by atoms with Crippen molar-refractivity contribution in [2.24, 2.45) is 5.16 Å². The summed E-state index contributed by atoms with van der Waals surface area (Å²) in [7, 11) is 0. The van der Waals surface area contributed by atoms with Crippen LogP contribution in [-0.2, 0) is 4.79 Å². The number of oxime groups is 1. The molecule has 0 heterocycles. The molecule has 1 aromatic rings. The summed E-state index contributed by atoms with van der Waals surface area (Å²) in [5.74, 6) is 0.558.